The third-order valence-electron chi connectivity index (χ3n) is 5.77. The molecule has 0 bridgehead atoms. The van der Waals surface area contributed by atoms with Gasteiger partial charge in [-0.05, 0) is 29.7 Å². The number of aliphatic hydroxyl groups is 2. The van der Waals surface area contributed by atoms with Crippen LogP contribution in [0.5, 0.6) is 0 Å². The Hall–Kier alpha value is -0.870. The second kappa shape index (κ2) is 4.06. The molecule has 3 rings (SSSR count). The first-order valence-corrected chi connectivity index (χ1v) is 7.10. The van der Waals surface area contributed by atoms with Crippen LogP contribution in [-0.4, -0.2) is 35.5 Å². The molecule has 0 aromatic carbocycles. The van der Waals surface area contributed by atoms with E-state index >= 15 is 0 Å². The van der Waals surface area contributed by atoms with E-state index in [1.54, 1.807) is 6.08 Å². The van der Waals surface area contributed by atoms with E-state index in [1.807, 2.05) is 0 Å². The van der Waals surface area contributed by atoms with Crippen molar-refractivity contribution in [3.8, 4) is 0 Å². The van der Waals surface area contributed by atoms with Gasteiger partial charge in [0.25, 0.3) is 0 Å². The highest BCUT2D eigenvalue weighted by Crippen LogP contribution is 2.60. The second-order valence-electron chi connectivity index (χ2n) is 6.91. The monoisotopic (exact) mass is 266 g/mol. The van der Waals surface area contributed by atoms with Crippen LogP contribution in [0, 0.1) is 22.7 Å². The molecule has 0 amide bonds. The molecule has 4 nitrogen and oxygen atoms in total. The number of esters is 1. The van der Waals surface area contributed by atoms with Gasteiger partial charge in [0.1, 0.15) is 0 Å². The molecule has 3 aliphatic rings. The van der Waals surface area contributed by atoms with Crippen molar-refractivity contribution in [2.75, 3.05) is 13.2 Å². The Morgan fingerprint density at radius 2 is 2.16 bits per heavy atom. The standard InChI is InChI=1S/C15H22O4/c1-14(8-16)4-3-5-15(2)10-7-19-13(18)9(10)6-11(17)12(14)15/h6,10-12,16-17H,3-5,7-8H2,1-2H3/t10-,11+,12+,14-,15+/m0/s1. The number of hydrogen-bond donors (Lipinski definition) is 2. The number of ether oxygens (including phenoxy) is 1. The number of hydrogen-bond acceptors (Lipinski definition) is 4. The van der Waals surface area contributed by atoms with Crippen LogP contribution >= 0.6 is 0 Å². The molecule has 106 valence electrons. The molecule has 19 heavy (non-hydrogen) atoms. The Kier molecular flexibility index (Phi) is 2.81. The Bertz CT molecular complexity index is 443. The van der Waals surface area contributed by atoms with Gasteiger partial charge in [0.15, 0.2) is 0 Å². The number of carbonyl (C=O) groups excluding carboxylic acids is 1. The van der Waals surface area contributed by atoms with E-state index in [4.69, 9.17) is 4.74 Å². The number of aliphatic hydroxyl groups excluding tert-OH is 2. The van der Waals surface area contributed by atoms with Crippen LogP contribution in [0.1, 0.15) is 33.1 Å². The number of rotatable bonds is 1. The third kappa shape index (κ3) is 1.62. The van der Waals surface area contributed by atoms with Crippen LogP contribution < -0.4 is 0 Å². The normalized spacial score (nSPS) is 49.2. The van der Waals surface area contributed by atoms with E-state index in [0.717, 1.165) is 19.3 Å². The van der Waals surface area contributed by atoms with Crippen molar-refractivity contribution in [1.82, 2.24) is 0 Å². The maximum atomic E-state index is 11.8. The van der Waals surface area contributed by atoms with Crippen molar-refractivity contribution in [3.63, 3.8) is 0 Å². The zero-order valence-electron chi connectivity index (χ0n) is 11.6. The maximum absolute atomic E-state index is 11.8. The Morgan fingerprint density at radius 3 is 2.84 bits per heavy atom. The average molecular weight is 266 g/mol. The van der Waals surface area contributed by atoms with Gasteiger partial charge in [0.2, 0.25) is 0 Å². The smallest absolute Gasteiger partial charge is 0.334 e. The van der Waals surface area contributed by atoms with E-state index in [9.17, 15) is 15.0 Å². The summed E-state index contributed by atoms with van der Waals surface area (Å²) in [5, 5.41) is 20.3. The first-order valence-electron chi connectivity index (χ1n) is 7.10. The number of fused-ring (bicyclic) bond motifs is 3. The SMILES string of the molecule is C[C@@]1(CO)CCC[C@@]2(C)[C@@H]1[C@H](O)C=C1C(=O)OC[C@@H]12. The largest absolute Gasteiger partial charge is 0.462 e. The minimum Gasteiger partial charge on any atom is -0.462 e. The summed E-state index contributed by atoms with van der Waals surface area (Å²) in [6.45, 7) is 4.70. The van der Waals surface area contributed by atoms with Crippen LogP contribution in [0.15, 0.2) is 11.6 Å². The summed E-state index contributed by atoms with van der Waals surface area (Å²) in [5.41, 5.74) is 0.208. The molecule has 0 radical (unpaired) electrons. The van der Waals surface area contributed by atoms with E-state index in [0.29, 0.717) is 12.2 Å². The second-order valence-corrected chi connectivity index (χ2v) is 6.91. The number of cyclic esters (lactones) is 1. The minimum absolute atomic E-state index is 0.0120. The zero-order valence-corrected chi connectivity index (χ0v) is 11.6. The van der Waals surface area contributed by atoms with Crippen LogP contribution in [0.3, 0.4) is 0 Å². The lowest BCUT2D eigenvalue weighted by Crippen LogP contribution is -2.56. The summed E-state index contributed by atoms with van der Waals surface area (Å²) in [7, 11) is 0. The molecule has 1 saturated heterocycles. The van der Waals surface area contributed by atoms with E-state index in [-0.39, 0.29) is 35.2 Å². The van der Waals surface area contributed by atoms with Crippen molar-refractivity contribution in [2.24, 2.45) is 22.7 Å². The molecule has 5 atom stereocenters. The molecule has 4 heteroatoms. The number of carbonyl (C=O) groups is 1. The molecular formula is C15H22O4. The molecule has 1 aliphatic heterocycles. The van der Waals surface area contributed by atoms with Gasteiger partial charge >= 0.3 is 5.97 Å². The highest BCUT2D eigenvalue weighted by Gasteiger charge is 2.59. The van der Waals surface area contributed by atoms with E-state index < -0.39 is 6.10 Å². The van der Waals surface area contributed by atoms with Crippen LogP contribution in [0.4, 0.5) is 0 Å². The van der Waals surface area contributed by atoms with Gasteiger partial charge < -0.3 is 14.9 Å². The first-order chi connectivity index (χ1) is 8.92. The topological polar surface area (TPSA) is 66.8 Å². The lowest BCUT2D eigenvalue weighted by atomic mass is 9.48. The highest BCUT2D eigenvalue weighted by molar-refractivity contribution is 5.91. The van der Waals surface area contributed by atoms with Crippen molar-refractivity contribution < 1.29 is 19.7 Å². The summed E-state index contributed by atoms with van der Waals surface area (Å²) in [4.78, 5) is 11.8. The van der Waals surface area contributed by atoms with Crippen molar-refractivity contribution in [2.45, 2.75) is 39.2 Å². The van der Waals surface area contributed by atoms with Crippen molar-refractivity contribution in [1.29, 1.82) is 0 Å². The van der Waals surface area contributed by atoms with Crippen LogP contribution in [0.2, 0.25) is 0 Å². The Labute approximate surface area is 113 Å². The lowest BCUT2D eigenvalue weighted by Gasteiger charge is -2.57. The fourth-order valence-corrected chi connectivity index (χ4v) is 4.84. The van der Waals surface area contributed by atoms with Crippen molar-refractivity contribution in [3.05, 3.63) is 11.6 Å². The van der Waals surface area contributed by atoms with Crippen LogP contribution in [0.25, 0.3) is 0 Å². The van der Waals surface area contributed by atoms with E-state index in [2.05, 4.69) is 13.8 Å². The molecule has 0 unspecified atom stereocenters. The molecule has 1 saturated carbocycles. The summed E-state index contributed by atoms with van der Waals surface area (Å²) < 4.78 is 5.18. The molecule has 0 aromatic heterocycles. The quantitative estimate of drug-likeness (QED) is 0.701. The van der Waals surface area contributed by atoms with Gasteiger partial charge in [-0.2, -0.15) is 0 Å². The first kappa shape index (κ1) is 13.1. The van der Waals surface area contributed by atoms with Crippen molar-refractivity contribution >= 4 is 5.97 Å². The average Bonchev–Trinajstić information content (AvgIpc) is 2.71. The third-order valence-corrected chi connectivity index (χ3v) is 5.77. The minimum atomic E-state index is -0.667. The molecule has 2 aliphatic carbocycles. The summed E-state index contributed by atoms with van der Waals surface area (Å²) in [6.07, 6.45) is 3.92. The molecule has 0 spiro atoms. The van der Waals surface area contributed by atoms with Gasteiger partial charge in [0, 0.05) is 24.0 Å². The molecule has 2 N–H and O–H groups in total. The van der Waals surface area contributed by atoms with Gasteiger partial charge in [-0.3, -0.25) is 0 Å². The molecular weight excluding hydrogens is 244 g/mol. The molecule has 1 heterocycles. The summed E-state index contributed by atoms with van der Waals surface area (Å²) in [6, 6.07) is 0. The fraction of sp³-hybridized carbons (Fsp3) is 0.800. The van der Waals surface area contributed by atoms with Gasteiger partial charge in [0.05, 0.1) is 12.7 Å². The highest BCUT2D eigenvalue weighted by atomic mass is 16.5. The van der Waals surface area contributed by atoms with Crippen LogP contribution in [-0.2, 0) is 9.53 Å². The predicted octanol–water partition coefficient (Wildman–Crippen LogP) is 1.27. The molecule has 2 fully saturated rings. The lowest BCUT2D eigenvalue weighted by molar-refractivity contribution is -0.135. The zero-order chi connectivity index (χ0) is 13.8. The van der Waals surface area contributed by atoms with E-state index in [1.165, 1.54) is 0 Å². The summed E-state index contributed by atoms with van der Waals surface area (Å²) in [5.74, 6) is -0.221. The van der Waals surface area contributed by atoms with Gasteiger partial charge in [-0.15, -0.1) is 0 Å². The maximum Gasteiger partial charge on any atom is 0.334 e. The van der Waals surface area contributed by atoms with Gasteiger partial charge in [-0.1, -0.05) is 20.3 Å². The van der Waals surface area contributed by atoms with Gasteiger partial charge in [-0.25, -0.2) is 4.79 Å². The summed E-state index contributed by atoms with van der Waals surface area (Å²) >= 11 is 0. The fourth-order valence-electron chi connectivity index (χ4n) is 4.84. The Balaban J connectivity index is 2.09. The molecule has 0 aromatic rings. The predicted molar refractivity (Wildman–Crippen MR) is 69.2 cm³/mol. The Morgan fingerprint density at radius 1 is 1.42 bits per heavy atom.